The highest BCUT2D eigenvalue weighted by Crippen LogP contribution is 2.08. The number of nitrogens with two attached hydrogens (primary N) is 1. The second kappa shape index (κ2) is 5.13. The molecule has 0 spiro atoms. The van der Waals surface area contributed by atoms with E-state index in [2.05, 4.69) is 0 Å². The molecule has 3 heteroatoms. The zero-order valence-electron chi connectivity index (χ0n) is 6.10. The van der Waals surface area contributed by atoms with Crippen LogP contribution in [0.1, 0.15) is 11.7 Å². The molecule has 0 aliphatic rings. The zero-order chi connectivity index (χ0) is 7.40. The van der Waals surface area contributed by atoms with Gasteiger partial charge in [0.05, 0.1) is 6.10 Å². The van der Waals surface area contributed by atoms with Gasteiger partial charge in [-0.3, -0.25) is 0 Å². The van der Waals surface area contributed by atoms with Crippen molar-refractivity contribution < 1.29 is 5.11 Å². The Morgan fingerprint density at radius 1 is 1.27 bits per heavy atom. The third-order valence-corrected chi connectivity index (χ3v) is 1.41. The minimum Gasteiger partial charge on any atom is -0.387 e. The lowest BCUT2D eigenvalue weighted by Crippen LogP contribution is -2.10. The highest BCUT2D eigenvalue weighted by molar-refractivity contribution is 5.85. The van der Waals surface area contributed by atoms with Gasteiger partial charge in [-0.15, -0.1) is 12.4 Å². The van der Waals surface area contributed by atoms with Crippen molar-refractivity contribution in [1.82, 2.24) is 0 Å². The van der Waals surface area contributed by atoms with Crippen molar-refractivity contribution in [1.29, 1.82) is 0 Å². The van der Waals surface area contributed by atoms with E-state index in [-0.39, 0.29) is 19.0 Å². The topological polar surface area (TPSA) is 46.2 Å². The molecule has 11 heavy (non-hydrogen) atoms. The summed E-state index contributed by atoms with van der Waals surface area (Å²) in [6.07, 6.45) is -0.513. The lowest BCUT2D eigenvalue weighted by molar-refractivity contribution is 0.187. The van der Waals surface area contributed by atoms with E-state index in [1.54, 1.807) is 0 Å². The maximum absolute atomic E-state index is 9.20. The molecule has 0 saturated carbocycles. The molecule has 0 heterocycles. The van der Waals surface area contributed by atoms with Crippen LogP contribution >= 0.6 is 12.4 Å². The molecule has 0 aliphatic heterocycles. The van der Waals surface area contributed by atoms with Gasteiger partial charge in [-0.2, -0.15) is 0 Å². The molecule has 0 saturated heterocycles. The Kier molecular flexibility index (Phi) is 4.86. The van der Waals surface area contributed by atoms with Gasteiger partial charge < -0.3 is 10.8 Å². The third kappa shape index (κ3) is 2.89. The lowest BCUT2D eigenvalue weighted by atomic mass is 10.1. The first-order valence-corrected chi connectivity index (χ1v) is 3.27. The summed E-state index contributed by atoms with van der Waals surface area (Å²) >= 11 is 0. The van der Waals surface area contributed by atoms with Crippen LogP contribution in [0.25, 0.3) is 0 Å². The van der Waals surface area contributed by atoms with Crippen LogP contribution in [0.15, 0.2) is 30.3 Å². The molecular weight excluding hydrogens is 162 g/mol. The second-order valence-electron chi connectivity index (χ2n) is 2.16. The smallest absolute Gasteiger partial charge is 0.0912 e. The number of hydrogen-bond donors (Lipinski definition) is 2. The van der Waals surface area contributed by atoms with Gasteiger partial charge in [0.1, 0.15) is 0 Å². The normalized spacial score (nSPS) is 11.8. The van der Waals surface area contributed by atoms with Crippen LogP contribution in [0.5, 0.6) is 0 Å². The first-order chi connectivity index (χ1) is 4.84. The number of benzene rings is 1. The van der Waals surface area contributed by atoms with Crippen LogP contribution in [0.4, 0.5) is 0 Å². The molecule has 0 radical (unpaired) electrons. The van der Waals surface area contributed by atoms with E-state index in [1.807, 2.05) is 30.3 Å². The van der Waals surface area contributed by atoms with Crippen molar-refractivity contribution in [3.63, 3.8) is 0 Å². The van der Waals surface area contributed by atoms with E-state index in [0.29, 0.717) is 0 Å². The Labute approximate surface area is 72.4 Å². The fourth-order valence-electron chi connectivity index (χ4n) is 0.811. The predicted molar refractivity (Wildman–Crippen MR) is 47.7 cm³/mol. The maximum atomic E-state index is 9.20. The van der Waals surface area contributed by atoms with Crippen molar-refractivity contribution in [2.75, 3.05) is 6.54 Å². The molecular formula is C8H12ClNO. The molecule has 2 nitrogen and oxygen atoms in total. The molecule has 1 rings (SSSR count). The van der Waals surface area contributed by atoms with Gasteiger partial charge in [-0.25, -0.2) is 0 Å². The van der Waals surface area contributed by atoms with E-state index in [4.69, 9.17) is 5.73 Å². The van der Waals surface area contributed by atoms with Crippen molar-refractivity contribution in [2.45, 2.75) is 6.10 Å². The molecule has 0 aromatic heterocycles. The van der Waals surface area contributed by atoms with Crippen molar-refractivity contribution >= 4 is 12.4 Å². The molecule has 1 aromatic carbocycles. The van der Waals surface area contributed by atoms with Crippen LogP contribution in [0.2, 0.25) is 0 Å². The summed E-state index contributed by atoms with van der Waals surface area (Å²) in [5, 5.41) is 9.20. The van der Waals surface area contributed by atoms with Crippen LogP contribution in [-0.2, 0) is 0 Å². The summed E-state index contributed by atoms with van der Waals surface area (Å²) in [5.41, 5.74) is 6.13. The zero-order valence-corrected chi connectivity index (χ0v) is 6.92. The van der Waals surface area contributed by atoms with Crippen LogP contribution in [0, 0.1) is 0 Å². The largest absolute Gasteiger partial charge is 0.387 e. The SMILES string of the molecule is Cl.NC[C@H](O)c1ccccc1. The summed E-state index contributed by atoms with van der Waals surface area (Å²) in [5.74, 6) is 0. The number of aliphatic hydroxyl groups excluding tert-OH is 1. The minimum absolute atomic E-state index is 0. The number of aliphatic hydroxyl groups is 1. The van der Waals surface area contributed by atoms with Crippen molar-refractivity contribution in [2.24, 2.45) is 5.73 Å². The highest BCUT2D eigenvalue weighted by Gasteiger charge is 2.01. The Morgan fingerprint density at radius 3 is 2.27 bits per heavy atom. The summed E-state index contributed by atoms with van der Waals surface area (Å²) in [7, 11) is 0. The molecule has 1 atom stereocenters. The average molecular weight is 174 g/mol. The van der Waals surface area contributed by atoms with Gasteiger partial charge in [0.15, 0.2) is 0 Å². The van der Waals surface area contributed by atoms with Crippen molar-refractivity contribution in [3.05, 3.63) is 35.9 Å². The summed E-state index contributed by atoms with van der Waals surface area (Å²) < 4.78 is 0. The standard InChI is InChI=1S/C8H11NO.ClH/c9-6-8(10)7-4-2-1-3-5-7;/h1-5,8,10H,6,9H2;1H/t8-;/m0./s1. The summed E-state index contributed by atoms with van der Waals surface area (Å²) in [4.78, 5) is 0. The molecule has 0 amide bonds. The van der Waals surface area contributed by atoms with E-state index >= 15 is 0 Å². The Hall–Kier alpha value is -0.570. The second-order valence-corrected chi connectivity index (χ2v) is 2.16. The summed E-state index contributed by atoms with van der Waals surface area (Å²) in [6, 6.07) is 9.39. The molecule has 0 bridgehead atoms. The van der Waals surface area contributed by atoms with Gasteiger partial charge in [-0.05, 0) is 5.56 Å². The first-order valence-electron chi connectivity index (χ1n) is 3.27. The maximum Gasteiger partial charge on any atom is 0.0912 e. The quantitative estimate of drug-likeness (QED) is 0.704. The Bertz CT molecular complexity index is 191. The number of rotatable bonds is 2. The average Bonchev–Trinajstić information content (AvgIpc) is 2.05. The number of hydrogen-bond acceptors (Lipinski definition) is 2. The molecule has 0 aliphatic carbocycles. The van der Waals surface area contributed by atoms with E-state index < -0.39 is 6.10 Å². The third-order valence-electron chi connectivity index (χ3n) is 1.41. The summed E-state index contributed by atoms with van der Waals surface area (Å²) in [6.45, 7) is 0.282. The predicted octanol–water partition coefficient (Wildman–Crippen LogP) is 1.10. The van der Waals surface area contributed by atoms with Crippen LogP contribution in [-0.4, -0.2) is 11.7 Å². The molecule has 3 N–H and O–H groups in total. The Morgan fingerprint density at radius 2 is 1.82 bits per heavy atom. The number of halogens is 1. The van der Waals surface area contributed by atoms with E-state index in [1.165, 1.54) is 0 Å². The molecule has 0 fully saturated rings. The van der Waals surface area contributed by atoms with Gasteiger partial charge >= 0.3 is 0 Å². The fourth-order valence-corrected chi connectivity index (χ4v) is 0.811. The minimum atomic E-state index is -0.513. The van der Waals surface area contributed by atoms with Crippen LogP contribution < -0.4 is 5.73 Å². The van der Waals surface area contributed by atoms with Gasteiger partial charge in [0.2, 0.25) is 0 Å². The highest BCUT2D eigenvalue weighted by atomic mass is 35.5. The van der Waals surface area contributed by atoms with E-state index in [9.17, 15) is 5.11 Å². The Balaban J connectivity index is 0.000001000. The van der Waals surface area contributed by atoms with Gasteiger partial charge in [-0.1, -0.05) is 30.3 Å². The van der Waals surface area contributed by atoms with Crippen molar-refractivity contribution in [3.8, 4) is 0 Å². The van der Waals surface area contributed by atoms with E-state index in [0.717, 1.165) is 5.56 Å². The first kappa shape index (κ1) is 10.4. The van der Waals surface area contributed by atoms with Crippen LogP contribution in [0.3, 0.4) is 0 Å². The molecule has 1 aromatic rings. The molecule has 62 valence electrons. The molecule has 0 unspecified atom stereocenters. The fraction of sp³-hybridized carbons (Fsp3) is 0.250. The van der Waals surface area contributed by atoms with Gasteiger partial charge in [0, 0.05) is 6.54 Å². The monoisotopic (exact) mass is 173 g/mol. The van der Waals surface area contributed by atoms with Gasteiger partial charge in [0.25, 0.3) is 0 Å². The lowest BCUT2D eigenvalue weighted by Gasteiger charge is -2.05.